The molecule has 2 aliphatic heterocycles. The molecule has 2 saturated heterocycles. The van der Waals surface area contributed by atoms with Crippen LogP contribution in [0.5, 0.6) is 0 Å². The highest BCUT2D eigenvalue weighted by Gasteiger charge is 1.95. The normalized spacial score (nSPS) is 18.5. The van der Waals surface area contributed by atoms with E-state index in [4.69, 9.17) is 9.47 Å². The van der Waals surface area contributed by atoms with Crippen LogP contribution < -0.4 is 0 Å². The summed E-state index contributed by atoms with van der Waals surface area (Å²) >= 11 is 0. The van der Waals surface area contributed by atoms with Gasteiger partial charge in [0.2, 0.25) is 0 Å². The first-order valence-electron chi connectivity index (χ1n) is 4.15. The molecule has 0 aromatic carbocycles. The SMILES string of the molecule is C1CCOC1.C1CCOC1.Cl.Cl.Cl. The van der Waals surface area contributed by atoms with Crippen LogP contribution in [0.4, 0.5) is 0 Å². The van der Waals surface area contributed by atoms with Gasteiger partial charge < -0.3 is 9.47 Å². The van der Waals surface area contributed by atoms with Crippen molar-refractivity contribution < 1.29 is 9.47 Å². The molecule has 0 unspecified atom stereocenters. The van der Waals surface area contributed by atoms with Crippen LogP contribution in [-0.2, 0) is 9.47 Å². The molecule has 2 rings (SSSR count). The van der Waals surface area contributed by atoms with Gasteiger partial charge in [0.05, 0.1) is 0 Å². The molecule has 0 aromatic heterocycles. The zero-order valence-electron chi connectivity index (χ0n) is 7.70. The van der Waals surface area contributed by atoms with Crippen molar-refractivity contribution in [3.63, 3.8) is 0 Å². The molecule has 13 heavy (non-hydrogen) atoms. The lowest BCUT2D eigenvalue weighted by Gasteiger charge is -1.76. The van der Waals surface area contributed by atoms with E-state index in [0.29, 0.717) is 0 Å². The summed E-state index contributed by atoms with van der Waals surface area (Å²) in [6.45, 7) is 4.00. The van der Waals surface area contributed by atoms with Gasteiger partial charge in [0.25, 0.3) is 0 Å². The van der Waals surface area contributed by atoms with Gasteiger partial charge in [0.1, 0.15) is 0 Å². The maximum Gasteiger partial charge on any atom is 0.0466 e. The predicted octanol–water partition coefficient (Wildman–Crippen LogP) is 2.86. The van der Waals surface area contributed by atoms with E-state index in [9.17, 15) is 0 Å². The van der Waals surface area contributed by atoms with Crippen LogP contribution in [0, 0.1) is 0 Å². The van der Waals surface area contributed by atoms with Crippen LogP contribution in [-0.4, -0.2) is 26.4 Å². The molecule has 0 aromatic rings. The molecule has 84 valence electrons. The van der Waals surface area contributed by atoms with Crippen molar-refractivity contribution in [3.05, 3.63) is 0 Å². The average molecular weight is 254 g/mol. The number of halogens is 3. The van der Waals surface area contributed by atoms with Crippen LogP contribution in [0.25, 0.3) is 0 Å². The molecule has 0 aliphatic carbocycles. The van der Waals surface area contributed by atoms with E-state index in [1.807, 2.05) is 0 Å². The summed E-state index contributed by atoms with van der Waals surface area (Å²) in [5, 5.41) is 0. The van der Waals surface area contributed by atoms with E-state index < -0.39 is 0 Å². The van der Waals surface area contributed by atoms with Crippen LogP contribution in [0.1, 0.15) is 25.7 Å². The minimum absolute atomic E-state index is 0. The summed E-state index contributed by atoms with van der Waals surface area (Å²) in [4.78, 5) is 0. The van der Waals surface area contributed by atoms with Gasteiger partial charge in [-0.25, -0.2) is 0 Å². The molecule has 0 N–H and O–H groups in total. The second kappa shape index (κ2) is 15.3. The van der Waals surface area contributed by atoms with Gasteiger partial charge in [0.15, 0.2) is 0 Å². The maximum absolute atomic E-state index is 4.94. The summed E-state index contributed by atoms with van der Waals surface area (Å²) in [7, 11) is 0. The molecular formula is C8H19Cl3O2. The van der Waals surface area contributed by atoms with Crippen LogP contribution in [0.3, 0.4) is 0 Å². The van der Waals surface area contributed by atoms with E-state index in [1.165, 1.54) is 25.7 Å². The topological polar surface area (TPSA) is 18.5 Å². The zero-order chi connectivity index (χ0) is 7.07. The monoisotopic (exact) mass is 252 g/mol. The smallest absolute Gasteiger partial charge is 0.0466 e. The Morgan fingerprint density at radius 3 is 0.769 bits per heavy atom. The Labute approximate surface area is 99.0 Å². The Morgan fingerprint density at radius 2 is 0.692 bits per heavy atom. The zero-order valence-corrected chi connectivity index (χ0v) is 10.1. The van der Waals surface area contributed by atoms with Crippen LogP contribution in [0.15, 0.2) is 0 Å². The number of hydrogen-bond donors (Lipinski definition) is 0. The molecule has 0 spiro atoms. The van der Waals surface area contributed by atoms with Crippen molar-refractivity contribution in [1.29, 1.82) is 0 Å². The fourth-order valence-corrected chi connectivity index (χ4v) is 1.02. The predicted molar refractivity (Wildman–Crippen MR) is 61.9 cm³/mol. The summed E-state index contributed by atoms with van der Waals surface area (Å²) in [6.07, 6.45) is 5.11. The van der Waals surface area contributed by atoms with Crippen molar-refractivity contribution >= 4 is 37.2 Å². The third kappa shape index (κ3) is 12.8. The first-order valence-corrected chi connectivity index (χ1v) is 4.15. The summed E-state index contributed by atoms with van der Waals surface area (Å²) in [5.41, 5.74) is 0. The molecule has 2 nitrogen and oxygen atoms in total. The lowest BCUT2D eigenvalue weighted by atomic mass is 10.4. The minimum atomic E-state index is 0. The van der Waals surface area contributed by atoms with E-state index in [2.05, 4.69) is 0 Å². The maximum atomic E-state index is 4.94. The largest absolute Gasteiger partial charge is 0.381 e. The molecule has 2 aliphatic rings. The summed E-state index contributed by atoms with van der Waals surface area (Å²) < 4.78 is 9.89. The third-order valence-corrected chi connectivity index (χ3v) is 1.65. The molecule has 2 heterocycles. The summed E-state index contributed by atoms with van der Waals surface area (Å²) in [6, 6.07) is 0. The summed E-state index contributed by atoms with van der Waals surface area (Å²) in [5.74, 6) is 0. The average Bonchev–Trinajstić information content (AvgIpc) is 2.67. The minimum Gasteiger partial charge on any atom is -0.381 e. The number of rotatable bonds is 0. The highest BCUT2D eigenvalue weighted by atomic mass is 35.5. The van der Waals surface area contributed by atoms with E-state index in [0.717, 1.165) is 26.4 Å². The van der Waals surface area contributed by atoms with Gasteiger partial charge in [-0.05, 0) is 25.7 Å². The highest BCUT2D eigenvalue weighted by Crippen LogP contribution is 1.98. The Morgan fingerprint density at radius 1 is 0.462 bits per heavy atom. The van der Waals surface area contributed by atoms with Crippen molar-refractivity contribution in [2.75, 3.05) is 26.4 Å². The third-order valence-electron chi connectivity index (χ3n) is 1.65. The molecule has 0 saturated carbocycles. The van der Waals surface area contributed by atoms with Crippen molar-refractivity contribution in [3.8, 4) is 0 Å². The number of hydrogen-bond acceptors (Lipinski definition) is 2. The molecule has 5 heteroatoms. The van der Waals surface area contributed by atoms with Crippen molar-refractivity contribution in [2.45, 2.75) is 25.7 Å². The first kappa shape index (κ1) is 19.4. The fourth-order valence-electron chi connectivity index (χ4n) is 1.02. The fraction of sp³-hybridized carbons (Fsp3) is 1.00. The van der Waals surface area contributed by atoms with E-state index in [-0.39, 0.29) is 37.2 Å². The Kier molecular flexibility index (Phi) is 22.8. The van der Waals surface area contributed by atoms with Gasteiger partial charge in [-0.15, -0.1) is 37.2 Å². The van der Waals surface area contributed by atoms with Crippen molar-refractivity contribution in [2.24, 2.45) is 0 Å². The lowest BCUT2D eigenvalue weighted by Crippen LogP contribution is -1.74. The van der Waals surface area contributed by atoms with Gasteiger partial charge >= 0.3 is 0 Å². The van der Waals surface area contributed by atoms with Crippen molar-refractivity contribution in [1.82, 2.24) is 0 Å². The van der Waals surface area contributed by atoms with Crippen LogP contribution >= 0.6 is 37.2 Å². The van der Waals surface area contributed by atoms with Gasteiger partial charge in [-0.1, -0.05) is 0 Å². The molecular weight excluding hydrogens is 234 g/mol. The Hall–Kier alpha value is 0.790. The molecule has 0 radical (unpaired) electrons. The van der Waals surface area contributed by atoms with E-state index in [1.54, 1.807) is 0 Å². The quantitative estimate of drug-likeness (QED) is 0.661. The van der Waals surface area contributed by atoms with E-state index >= 15 is 0 Å². The Bertz CT molecular complexity index is 50.6. The first-order chi connectivity index (χ1) is 5.00. The lowest BCUT2D eigenvalue weighted by molar-refractivity contribution is 0.198. The molecule has 0 amide bonds. The van der Waals surface area contributed by atoms with Crippen LogP contribution in [0.2, 0.25) is 0 Å². The second-order valence-corrected chi connectivity index (χ2v) is 2.64. The second-order valence-electron chi connectivity index (χ2n) is 2.64. The number of ether oxygens (including phenoxy) is 2. The standard InChI is InChI=1S/2C4H8O.3ClH/c2*1-2-4-5-3-1;;;/h2*1-4H2;3*1H. The van der Waals surface area contributed by atoms with Gasteiger partial charge in [0, 0.05) is 26.4 Å². The Balaban J connectivity index is -0.000000125. The highest BCUT2D eigenvalue weighted by molar-refractivity contribution is 5.86. The molecule has 2 fully saturated rings. The molecule has 0 atom stereocenters. The van der Waals surface area contributed by atoms with Gasteiger partial charge in [-0.2, -0.15) is 0 Å². The van der Waals surface area contributed by atoms with Gasteiger partial charge in [-0.3, -0.25) is 0 Å². The molecule has 0 bridgehead atoms.